The van der Waals surface area contributed by atoms with Crippen LogP contribution in [0.5, 0.6) is 0 Å². The summed E-state index contributed by atoms with van der Waals surface area (Å²) in [4.78, 5) is 35.9. The van der Waals surface area contributed by atoms with Gasteiger partial charge in [0.25, 0.3) is 11.6 Å². The highest BCUT2D eigenvalue weighted by Crippen LogP contribution is 2.31. The first-order valence-electron chi connectivity index (χ1n) is 9.27. The first-order valence-corrected chi connectivity index (χ1v) is 10.0. The number of nitrogens with one attached hydrogen (secondary N) is 1. The summed E-state index contributed by atoms with van der Waals surface area (Å²) < 4.78 is 1.21. The highest BCUT2D eigenvalue weighted by molar-refractivity contribution is 6.36. The van der Waals surface area contributed by atoms with E-state index in [0.717, 1.165) is 0 Å². The zero-order valence-electron chi connectivity index (χ0n) is 16.6. The molecule has 1 heterocycles. The second kappa shape index (κ2) is 9.28. The summed E-state index contributed by atoms with van der Waals surface area (Å²) in [5, 5.41) is 19.1. The van der Waals surface area contributed by atoms with Crippen molar-refractivity contribution in [3.63, 3.8) is 0 Å². The fraction of sp³-hybridized carbons (Fsp3) is 0.190. The molecule has 1 amide bonds. The van der Waals surface area contributed by atoms with Gasteiger partial charge in [-0.3, -0.25) is 19.7 Å². The fourth-order valence-electron chi connectivity index (χ4n) is 3.16. The Balaban J connectivity index is 1.90. The van der Waals surface area contributed by atoms with Crippen LogP contribution in [0.2, 0.25) is 10.0 Å². The van der Waals surface area contributed by atoms with E-state index in [1.165, 1.54) is 28.9 Å². The Morgan fingerprint density at radius 2 is 1.84 bits per heavy atom. The first kappa shape index (κ1) is 22.5. The maximum atomic E-state index is 12.7. The Bertz CT molecular complexity index is 1210. The number of nitro groups is 1. The zero-order valence-corrected chi connectivity index (χ0v) is 18.1. The van der Waals surface area contributed by atoms with Crippen molar-refractivity contribution >= 4 is 34.8 Å². The molecule has 0 aliphatic rings. The summed E-state index contributed by atoms with van der Waals surface area (Å²) in [6, 6.07) is 12.3. The van der Waals surface area contributed by atoms with E-state index in [2.05, 4.69) is 10.4 Å². The number of halogens is 2. The topological polar surface area (TPSA) is 107 Å². The predicted octanol–water partition coefficient (Wildman–Crippen LogP) is 4.29. The molecule has 2 aromatic carbocycles. The lowest BCUT2D eigenvalue weighted by Crippen LogP contribution is -2.34. The van der Waals surface area contributed by atoms with E-state index >= 15 is 0 Å². The van der Waals surface area contributed by atoms with Gasteiger partial charge in [0.2, 0.25) is 5.43 Å². The third kappa shape index (κ3) is 4.76. The minimum Gasteiger partial charge on any atom is -0.350 e. The molecular weight excluding hydrogens is 443 g/mol. The Labute approximate surface area is 187 Å². The minimum absolute atomic E-state index is 0.148. The van der Waals surface area contributed by atoms with Crippen molar-refractivity contribution in [1.29, 1.82) is 0 Å². The Morgan fingerprint density at radius 1 is 1.19 bits per heavy atom. The Hall–Kier alpha value is -3.23. The van der Waals surface area contributed by atoms with Crippen LogP contribution in [-0.2, 0) is 0 Å². The second-order valence-electron chi connectivity index (χ2n) is 6.90. The molecule has 3 rings (SSSR count). The lowest BCUT2D eigenvalue weighted by Gasteiger charge is -2.16. The number of aromatic nitrogens is 2. The number of carbonyl (C=O) groups is 1. The van der Waals surface area contributed by atoms with Crippen LogP contribution in [0.25, 0.3) is 5.69 Å². The number of nitrogens with zero attached hydrogens (tertiary/aromatic N) is 3. The van der Waals surface area contributed by atoms with Gasteiger partial charge in [0.1, 0.15) is 5.69 Å². The number of hydrogen-bond acceptors (Lipinski definition) is 5. The maximum absolute atomic E-state index is 12.7. The molecule has 1 N–H and O–H groups in total. The lowest BCUT2D eigenvalue weighted by atomic mass is 10.0. The van der Waals surface area contributed by atoms with Crippen LogP contribution < -0.4 is 10.7 Å². The Morgan fingerprint density at radius 3 is 2.48 bits per heavy atom. The van der Waals surface area contributed by atoms with E-state index in [4.69, 9.17) is 23.2 Å². The summed E-state index contributed by atoms with van der Waals surface area (Å²) in [7, 11) is 0. The van der Waals surface area contributed by atoms with Gasteiger partial charge in [0.05, 0.1) is 4.92 Å². The molecule has 0 aliphatic heterocycles. The molecule has 1 aromatic heterocycles. The van der Waals surface area contributed by atoms with E-state index in [1.807, 2.05) is 6.92 Å². The first-order chi connectivity index (χ1) is 14.7. The molecule has 0 aliphatic carbocycles. The predicted molar refractivity (Wildman–Crippen MR) is 118 cm³/mol. The van der Waals surface area contributed by atoms with Crippen LogP contribution in [0.1, 0.15) is 34.6 Å². The van der Waals surface area contributed by atoms with Crippen molar-refractivity contribution in [2.45, 2.75) is 19.8 Å². The molecule has 0 saturated carbocycles. The summed E-state index contributed by atoms with van der Waals surface area (Å²) in [6.45, 7) is 3.57. The molecule has 0 saturated heterocycles. The normalized spacial score (nSPS) is 11.7. The van der Waals surface area contributed by atoms with Gasteiger partial charge in [-0.15, -0.1) is 0 Å². The van der Waals surface area contributed by atoms with Crippen molar-refractivity contribution < 1.29 is 9.72 Å². The van der Waals surface area contributed by atoms with E-state index < -0.39 is 16.3 Å². The molecular formula is C21H18Cl2N4O4. The van der Waals surface area contributed by atoms with Crippen LogP contribution in [0.3, 0.4) is 0 Å². The number of para-hydroxylation sites is 2. The smallest absolute Gasteiger partial charge is 0.294 e. The van der Waals surface area contributed by atoms with Gasteiger partial charge in [0.15, 0.2) is 5.69 Å². The molecule has 0 bridgehead atoms. The maximum Gasteiger partial charge on any atom is 0.294 e. The van der Waals surface area contributed by atoms with Crippen LogP contribution >= 0.6 is 23.2 Å². The number of nitro benzene ring substituents is 1. The average molecular weight is 461 g/mol. The van der Waals surface area contributed by atoms with E-state index in [9.17, 15) is 19.7 Å². The van der Waals surface area contributed by atoms with E-state index in [0.29, 0.717) is 21.3 Å². The van der Waals surface area contributed by atoms with Crippen molar-refractivity contribution in [2.24, 2.45) is 0 Å². The van der Waals surface area contributed by atoms with Gasteiger partial charge in [-0.05, 0) is 30.7 Å². The van der Waals surface area contributed by atoms with Crippen molar-refractivity contribution in [3.05, 3.63) is 95.9 Å². The van der Waals surface area contributed by atoms with Crippen LogP contribution in [0.15, 0.2) is 53.3 Å². The van der Waals surface area contributed by atoms with Gasteiger partial charge >= 0.3 is 0 Å². The van der Waals surface area contributed by atoms with Crippen molar-refractivity contribution in [3.8, 4) is 5.69 Å². The van der Waals surface area contributed by atoms with Crippen LogP contribution in [-0.4, -0.2) is 27.2 Å². The monoisotopic (exact) mass is 460 g/mol. The number of hydrogen-bond donors (Lipinski definition) is 1. The molecule has 31 heavy (non-hydrogen) atoms. The number of aryl methyl sites for hydroxylation is 1. The molecule has 160 valence electrons. The van der Waals surface area contributed by atoms with E-state index in [-0.39, 0.29) is 29.5 Å². The fourth-order valence-corrected chi connectivity index (χ4v) is 3.93. The number of benzene rings is 2. The van der Waals surface area contributed by atoms with Gasteiger partial charge in [0, 0.05) is 40.3 Å². The molecule has 0 radical (unpaired) electrons. The number of carbonyl (C=O) groups excluding carboxylic acids is 1. The van der Waals surface area contributed by atoms with Crippen molar-refractivity contribution in [2.75, 3.05) is 6.54 Å². The molecule has 0 fully saturated rings. The molecule has 10 heteroatoms. The summed E-state index contributed by atoms with van der Waals surface area (Å²) in [5.74, 6) is -0.930. The Kier molecular flexibility index (Phi) is 6.72. The van der Waals surface area contributed by atoms with Crippen LogP contribution in [0.4, 0.5) is 5.69 Å². The van der Waals surface area contributed by atoms with Gasteiger partial charge in [-0.25, -0.2) is 4.68 Å². The third-order valence-corrected chi connectivity index (χ3v) is 5.35. The van der Waals surface area contributed by atoms with Gasteiger partial charge in [-0.2, -0.15) is 5.10 Å². The third-order valence-electron chi connectivity index (χ3n) is 4.69. The number of amides is 1. The van der Waals surface area contributed by atoms with Gasteiger partial charge < -0.3 is 5.32 Å². The lowest BCUT2D eigenvalue weighted by molar-refractivity contribution is -0.384. The molecule has 1 atom stereocenters. The average Bonchev–Trinajstić information content (AvgIpc) is 2.72. The van der Waals surface area contributed by atoms with Gasteiger partial charge in [-0.1, -0.05) is 48.3 Å². The van der Waals surface area contributed by atoms with E-state index in [1.54, 1.807) is 31.2 Å². The largest absolute Gasteiger partial charge is 0.350 e. The standard InChI is InChI=1S/C21H18Cl2N4O4/c1-12(19-14(22)6-5-7-15(19)23)11-24-21(29)20-18(28)10-13(2)26(25-20)16-8-3-4-9-17(16)27(30)31/h3-10,12H,11H2,1-2H3,(H,24,29). The van der Waals surface area contributed by atoms with Crippen LogP contribution in [0, 0.1) is 17.0 Å². The van der Waals surface area contributed by atoms with Crippen molar-refractivity contribution in [1.82, 2.24) is 15.1 Å². The SMILES string of the molecule is Cc1cc(=O)c(C(=O)NCC(C)c2c(Cl)cccc2Cl)nn1-c1ccccc1[N+](=O)[O-]. The highest BCUT2D eigenvalue weighted by atomic mass is 35.5. The zero-order chi connectivity index (χ0) is 22.7. The summed E-state index contributed by atoms with van der Waals surface area (Å²) >= 11 is 12.4. The highest BCUT2D eigenvalue weighted by Gasteiger charge is 2.21. The molecule has 8 nitrogen and oxygen atoms in total. The second-order valence-corrected chi connectivity index (χ2v) is 7.72. The minimum atomic E-state index is -0.702. The molecule has 3 aromatic rings. The summed E-state index contributed by atoms with van der Waals surface area (Å²) in [6.07, 6.45) is 0. The molecule has 0 spiro atoms. The molecule has 1 unspecified atom stereocenters. The summed E-state index contributed by atoms with van der Waals surface area (Å²) in [5.41, 5.74) is 0.0206. The quantitative estimate of drug-likeness (QED) is 0.435. The number of rotatable bonds is 6.